The number of hydrogen-bond acceptors (Lipinski definition) is 5. The van der Waals surface area contributed by atoms with Gasteiger partial charge in [-0.1, -0.05) is 32.7 Å². The van der Waals surface area contributed by atoms with Crippen LogP contribution in [0.1, 0.15) is 24.5 Å². The van der Waals surface area contributed by atoms with Gasteiger partial charge < -0.3 is 9.26 Å². The number of nitrogens with zero attached hydrogens (tertiary/aromatic N) is 3. The summed E-state index contributed by atoms with van der Waals surface area (Å²) in [7, 11) is 0. The Bertz CT molecular complexity index is 802. The number of aromatic nitrogens is 4. The molecule has 0 saturated heterocycles. The molecule has 1 N–H and O–H groups in total. The smallest absolute Gasteiger partial charge is 0.278 e. The Morgan fingerprint density at radius 2 is 2.18 bits per heavy atom. The Balaban J connectivity index is 1.78. The molecule has 8 heteroatoms. The van der Waals surface area contributed by atoms with Gasteiger partial charge in [-0.25, -0.2) is 0 Å². The molecule has 2 aromatic heterocycles. The van der Waals surface area contributed by atoms with Crippen LogP contribution in [-0.2, 0) is 0 Å². The first-order valence-corrected chi connectivity index (χ1v) is 7.67. The summed E-state index contributed by atoms with van der Waals surface area (Å²) in [4.78, 5) is 4.30. The molecule has 0 amide bonds. The Morgan fingerprint density at radius 3 is 2.86 bits per heavy atom. The van der Waals surface area contributed by atoms with Crippen LogP contribution in [0.15, 0.2) is 33.3 Å². The number of rotatable bonds is 4. The van der Waals surface area contributed by atoms with Gasteiger partial charge >= 0.3 is 0 Å². The predicted octanol–water partition coefficient (Wildman–Crippen LogP) is 4.32. The van der Waals surface area contributed by atoms with E-state index in [1.54, 1.807) is 12.1 Å². The first-order valence-electron chi connectivity index (χ1n) is 6.50. The summed E-state index contributed by atoms with van der Waals surface area (Å²) in [5.41, 5.74) is 1.52. The maximum atomic E-state index is 6.13. The van der Waals surface area contributed by atoms with Crippen LogP contribution in [0.2, 0.25) is 5.02 Å². The van der Waals surface area contributed by atoms with Crippen LogP contribution in [0, 0.1) is 6.92 Å². The fraction of sp³-hybridized carbons (Fsp3) is 0.214. The van der Waals surface area contributed by atoms with Crippen LogP contribution in [0.5, 0.6) is 5.75 Å². The lowest BCUT2D eigenvalue weighted by atomic mass is 10.3. The molecule has 1 aromatic carbocycles. The van der Waals surface area contributed by atoms with Gasteiger partial charge in [-0.05, 0) is 38.1 Å². The summed E-state index contributed by atoms with van der Waals surface area (Å²) < 4.78 is 11.9. The van der Waals surface area contributed by atoms with Crippen molar-refractivity contribution in [3.05, 3.63) is 45.3 Å². The molecule has 0 aliphatic carbocycles. The van der Waals surface area contributed by atoms with E-state index in [1.165, 1.54) is 0 Å². The zero-order valence-corrected chi connectivity index (χ0v) is 14.1. The average Bonchev–Trinajstić information content (AvgIpc) is 3.10. The highest BCUT2D eigenvalue weighted by molar-refractivity contribution is 9.10. The monoisotopic (exact) mass is 382 g/mol. The predicted molar refractivity (Wildman–Crippen MR) is 84.8 cm³/mol. The quantitative estimate of drug-likeness (QED) is 0.726. The lowest BCUT2D eigenvalue weighted by Crippen LogP contribution is -2.05. The van der Waals surface area contributed by atoms with E-state index in [0.717, 1.165) is 10.2 Å². The summed E-state index contributed by atoms with van der Waals surface area (Å²) in [6.45, 7) is 3.72. The molecule has 1 unspecified atom stereocenters. The maximum absolute atomic E-state index is 6.13. The first-order chi connectivity index (χ1) is 10.5. The fourth-order valence-corrected chi connectivity index (χ4v) is 2.56. The Hall–Kier alpha value is -1.86. The van der Waals surface area contributed by atoms with Gasteiger partial charge in [0.2, 0.25) is 5.82 Å². The molecule has 0 radical (unpaired) electrons. The van der Waals surface area contributed by atoms with Gasteiger partial charge in [0.15, 0.2) is 11.8 Å². The average molecular weight is 384 g/mol. The van der Waals surface area contributed by atoms with Crippen LogP contribution in [0.3, 0.4) is 0 Å². The van der Waals surface area contributed by atoms with Gasteiger partial charge in [0.1, 0.15) is 5.75 Å². The zero-order chi connectivity index (χ0) is 15.7. The van der Waals surface area contributed by atoms with Crippen molar-refractivity contribution in [1.29, 1.82) is 0 Å². The number of hydrogen-bond donors (Lipinski definition) is 1. The van der Waals surface area contributed by atoms with E-state index in [4.69, 9.17) is 20.9 Å². The van der Waals surface area contributed by atoms with Gasteiger partial charge in [0.05, 0.1) is 5.02 Å². The Morgan fingerprint density at radius 1 is 1.36 bits per heavy atom. The van der Waals surface area contributed by atoms with Crippen LogP contribution in [0.25, 0.3) is 11.6 Å². The minimum Gasteiger partial charge on any atom is -0.481 e. The highest BCUT2D eigenvalue weighted by atomic mass is 79.9. The van der Waals surface area contributed by atoms with Crippen molar-refractivity contribution in [3.63, 3.8) is 0 Å². The van der Waals surface area contributed by atoms with E-state index in [0.29, 0.717) is 28.2 Å². The highest BCUT2D eigenvalue weighted by Crippen LogP contribution is 2.31. The molecule has 2 heterocycles. The van der Waals surface area contributed by atoms with Crippen molar-refractivity contribution in [2.75, 3.05) is 0 Å². The molecule has 0 aliphatic rings. The summed E-state index contributed by atoms with van der Waals surface area (Å²) in [5, 5.41) is 11.3. The van der Waals surface area contributed by atoms with Crippen molar-refractivity contribution in [2.45, 2.75) is 20.0 Å². The number of aryl methyl sites for hydroxylation is 1. The Kier molecular flexibility index (Phi) is 4.17. The molecule has 114 valence electrons. The molecule has 0 saturated carbocycles. The molecule has 22 heavy (non-hydrogen) atoms. The fourth-order valence-electron chi connectivity index (χ4n) is 1.85. The lowest BCUT2D eigenvalue weighted by Gasteiger charge is -2.12. The minimum absolute atomic E-state index is 0.344. The second kappa shape index (κ2) is 6.10. The lowest BCUT2D eigenvalue weighted by molar-refractivity contribution is 0.211. The van der Waals surface area contributed by atoms with Gasteiger partial charge in [-0.2, -0.15) is 10.1 Å². The number of H-pyrrole nitrogens is 1. The number of nitrogens with one attached hydrogen (secondary N) is 1. The van der Waals surface area contributed by atoms with Gasteiger partial charge in [-0.3, -0.25) is 5.10 Å². The van der Waals surface area contributed by atoms with E-state index in [2.05, 4.69) is 36.3 Å². The highest BCUT2D eigenvalue weighted by Gasteiger charge is 2.18. The molecular weight excluding hydrogens is 372 g/mol. The van der Waals surface area contributed by atoms with Crippen LogP contribution >= 0.6 is 27.5 Å². The second-order valence-electron chi connectivity index (χ2n) is 4.73. The topological polar surface area (TPSA) is 76.8 Å². The van der Waals surface area contributed by atoms with Crippen LogP contribution in [-0.4, -0.2) is 20.3 Å². The number of aromatic amines is 1. The van der Waals surface area contributed by atoms with Crippen molar-refractivity contribution in [2.24, 2.45) is 0 Å². The maximum Gasteiger partial charge on any atom is 0.278 e. The number of ether oxygens (including phenoxy) is 1. The third-order valence-corrected chi connectivity index (χ3v) is 3.72. The molecule has 1 atom stereocenters. The summed E-state index contributed by atoms with van der Waals surface area (Å²) in [6.07, 6.45) is -0.406. The molecular formula is C14H12BrClN4O2. The number of benzene rings is 1. The molecule has 0 bridgehead atoms. The largest absolute Gasteiger partial charge is 0.481 e. The van der Waals surface area contributed by atoms with Crippen LogP contribution < -0.4 is 4.74 Å². The molecule has 0 spiro atoms. The molecule has 0 fully saturated rings. The van der Waals surface area contributed by atoms with E-state index in [1.807, 2.05) is 26.0 Å². The van der Waals surface area contributed by atoms with Crippen LogP contribution in [0.4, 0.5) is 0 Å². The van der Waals surface area contributed by atoms with Crippen molar-refractivity contribution < 1.29 is 9.26 Å². The summed E-state index contributed by atoms with van der Waals surface area (Å²) >= 11 is 9.48. The third-order valence-electron chi connectivity index (χ3n) is 2.93. The van der Waals surface area contributed by atoms with Crippen molar-refractivity contribution in [1.82, 2.24) is 20.3 Å². The normalized spacial score (nSPS) is 12.4. The Labute approximate surface area is 140 Å². The molecule has 3 rings (SSSR count). The third kappa shape index (κ3) is 3.15. The molecule has 6 nitrogen and oxygen atoms in total. The summed E-state index contributed by atoms with van der Waals surface area (Å²) in [5.74, 6) is 1.32. The first kappa shape index (κ1) is 15.1. The van der Waals surface area contributed by atoms with E-state index < -0.39 is 6.10 Å². The van der Waals surface area contributed by atoms with Gasteiger partial charge in [0.25, 0.3) is 5.89 Å². The zero-order valence-electron chi connectivity index (χ0n) is 11.8. The van der Waals surface area contributed by atoms with E-state index in [9.17, 15) is 0 Å². The van der Waals surface area contributed by atoms with Crippen molar-refractivity contribution >= 4 is 27.5 Å². The van der Waals surface area contributed by atoms with Gasteiger partial charge in [-0.15, -0.1) is 0 Å². The SMILES string of the molecule is Cc1cc(-c2nc(C(C)Oc3ccc(Br)cc3Cl)no2)n[nH]1. The molecule has 3 aromatic rings. The second-order valence-corrected chi connectivity index (χ2v) is 6.05. The van der Waals surface area contributed by atoms with Crippen molar-refractivity contribution in [3.8, 4) is 17.3 Å². The van der Waals surface area contributed by atoms with E-state index >= 15 is 0 Å². The van der Waals surface area contributed by atoms with E-state index in [-0.39, 0.29) is 0 Å². The summed E-state index contributed by atoms with van der Waals surface area (Å²) in [6, 6.07) is 7.22. The standard InChI is InChI=1S/C14H12BrClN4O2/c1-7-5-11(19-18-7)14-17-13(20-22-14)8(2)21-12-4-3-9(15)6-10(12)16/h3-6,8H,1-2H3,(H,18,19). The number of halogens is 2. The molecule has 0 aliphatic heterocycles. The minimum atomic E-state index is -0.406. The van der Waals surface area contributed by atoms with Gasteiger partial charge in [0, 0.05) is 10.2 Å².